The van der Waals surface area contributed by atoms with Crippen molar-refractivity contribution in [1.82, 2.24) is 0 Å². The van der Waals surface area contributed by atoms with Crippen LogP contribution in [0.2, 0.25) is 15.1 Å². The predicted molar refractivity (Wildman–Crippen MR) is 216 cm³/mol. The molecule has 6 aromatic rings. The average Bonchev–Trinajstić information content (AvgIpc) is 3.18. The first kappa shape index (κ1) is 40.4. The predicted octanol–water partition coefficient (Wildman–Crippen LogP) is 10.2. The monoisotopic (exact) mass is 868 g/mol. The van der Waals surface area contributed by atoms with Gasteiger partial charge in [-0.05, 0) is 84.9 Å². The molecule has 8 nitrogen and oxygen atoms in total. The van der Waals surface area contributed by atoms with E-state index in [2.05, 4.69) is 12.6 Å². The number of hydrogen-bond donors (Lipinski definition) is 1. The standard InChI is InChI=1S/C20H13ClO4S2.C13H6Cl2O3S.C7H8OS/c1-25-12-5-4-6-13(11-12)26-16-10-9-15-19(22)14-7-2-3-8-17(14)27(23,24)20(15)18(16)21;14-9-6-5-8-12(16)7-3-1-2-4-10(7)19(17,18)13(8)11(9)15;1-8-6-3-2-4-7(9)5-6/h2-11H,1H3;1-6H;2-5,9H,1H3. The van der Waals surface area contributed by atoms with E-state index in [4.69, 9.17) is 44.3 Å². The van der Waals surface area contributed by atoms with Gasteiger partial charge in [-0.2, -0.15) is 0 Å². The van der Waals surface area contributed by atoms with E-state index in [0.717, 1.165) is 15.5 Å². The van der Waals surface area contributed by atoms with Gasteiger partial charge in [-0.1, -0.05) is 83.0 Å². The first-order valence-corrected chi connectivity index (χ1v) is 21.3. The van der Waals surface area contributed by atoms with Crippen molar-refractivity contribution in [2.24, 2.45) is 0 Å². The number of halogens is 3. The van der Waals surface area contributed by atoms with E-state index in [9.17, 15) is 26.4 Å². The normalized spacial score (nSPS) is 14.0. The highest BCUT2D eigenvalue weighted by atomic mass is 35.5. The third-order valence-electron chi connectivity index (χ3n) is 8.30. The molecule has 0 unspecified atom stereocenters. The van der Waals surface area contributed by atoms with Crippen molar-refractivity contribution in [3.05, 3.63) is 159 Å². The van der Waals surface area contributed by atoms with E-state index in [1.54, 1.807) is 44.6 Å². The Morgan fingerprint density at radius 1 is 0.545 bits per heavy atom. The molecule has 0 amide bonds. The number of fused-ring (bicyclic) bond motifs is 4. The molecule has 2 aliphatic heterocycles. The second kappa shape index (κ2) is 16.4. The highest BCUT2D eigenvalue weighted by Gasteiger charge is 2.38. The molecule has 280 valence electrons. The van der Waals surface area contributed by atoms with E-state index < -0.39 is 19.7 Å². The van der Waals surface area contributed by atoms with Crippen LogP contribution in [0.5, 0.6) is 11.5 Å². The van der Waals surface area contributed by atoms with Gasteiger partial charge in [-0.3, -0.25) is 9.59 Å². The van der Waals surface area contributed by atoms with Crippen LogP contribution in [0.25, 0.3) is 0 Å². The minimum absolute atomic E-state index is 0.00655. The number of ketones is 2. The van der Waals surface area contributed by atoms with Crippen molar-refractivity contribution in [2.75, 3.05) is 14.2 Å². The number of hydrogen-bond acceptors (Lipinski definition) is 10. The molecule has 6 aromatic carbocycles. The van der Waals surface area contributed by atoms with Gasteiger partial charge in [-0.15, -0.1) is 12.6 Å². The van der Waals surface area contributed by atoms with Crippen molar-refractivity contribution in [2.45, 2.75) is 34.3 Å². The lowest BCUT2D eigenvalue weighted by molar-refractivity contribution is 0.102. The van der Waals surface area contributed by atoms with Crippen LogP contribution in [0.1, 0.15) is 31.8 Å². The number of benzene rings is 6. The highest BCUT2D eigenvalue weighted by molar-refractivity contribution is 7.99. The SMILES string of the molecule is COc1cccc(S)c1.COc1cccc(Sc2ccc3c(c2Cl)S(=O)(=O)c2ccccc2C3=O)c1.O=C1c2ccccc2S(=O)(=O)c2c1ccc(Cl)c2Cl. The summed E-state index contributed by atoms with van der Waals surface area (Å²) in [7, 11) is -4.49. The molecule has 8 rings (SSSR count). The molecule has 0 spiro atoms. The zero-order chi connectivity index (χ0) is 39.7. The van der Waals surface area contributed by atoms with Crippen molar-refractivity contribution in [3.63, 3.8) is 0 Å². The van der Waals surface area contributed by atoms with Crippen LogP contribution in [0.15, 0.2) is 156 Å². The Bertz CT molecular complexity index is 2740. The van der Waals surface area contributed by atoms with Gasteiger partial charge >= 0.3 is 0 Å². The molecule has 0 saturated heterocycles. The third kappa shape index (κ3) is 7.90. The molecule has 0 aliphatic carbocycles. The Labute approximate surface area is 342 Å². The van der Waals surface area contributed by atoms with Crippen LogP contribution in [-0.4, -0.2) is 42.6 Å². The fourth-order valence-electron chi connectivity index (χ4n) is 5.72. The zero-order valence-electron chi connectivity index (χ0n) is 28.6. The number of carbonyl (C=O) groups is 2. The second-order valence-electron chi connectivity index (χ2n) is 11.6. The summed E-state index contributed by atoms with van der Waals surface area (Å²) in [6.45, 7) is 0. The summed E-state index contributed by atoms with van der Waals surface area (Å²) in [6, 6.07) is 33.2. The molecule has 2 heterocycles. The average molecular weight is 870 g/mol. The molecule has 0 atom stereocenters. The molecule has 0 bridgehead atoms. The summed E-state index contributed by atoms with van der Waals surface area (Å²) < 4.78 is 61.4. The topological polar surface area (TPSA) is 121 Å². The lowest BCUT2D eigenvalue weighted by atomic mass is 10.0. The summed E-state index contributed by atoms with van der Waals surface area (Å²) in [6.07, 6.45) is 0. The fraction of sp³-hybridized carbons (Fsp3) is 0.0500. The first-order chi connectivity index (χ1) is 26.2. The summed E-state index contributed by atoms with van der Waals surface area (Å²) in [5, 5.41) is 0.0568. The van der Waals surface area contributed by atoms with Gasteiger partial charge in [0.1, 0.15) is 21.3 Å². The van der Waals surface area contributed by atoms with Crippen molar-refractivity contribution >= 4 is 90.4 Å². The van der Waals surface area contributed by atoms with Gasteiger partial charge in [0.05, 0.1) is 39.1 Å². The number of ether oxygens (including phenoxy) is 2. The maximum absolute atomic E-state index is 13.1. The van der Waals surface area contributed by atoms with Crippen LogP contribution in [-0.2, 0) is 19.7 Å². The molecule has 0 fully saturated rings. The van der Waals surface area contributed by atoms with E-state index >= 15 is 0 Å². The minimum atomic E-state index is -3.88. The number of thiol groups is 1. The molecule has 0 aromatic heterocycles. The largest absolute Gasteiger partial charge is 0.497 e. The van der Waals surface area contributed by atoms with Gasteiger partial charge in [0, 0.05) is 36.9 Å². The quantitative estimate of drug-likeness (QED) is 0.172. The summed E-state index contributed by atoms with van der Waals surface area (Å²) in [5.74, 6) is 0.836. The van der Waals surface area contributed by atoms with Crippen LogP contribution in [0.3, 0.4) is 0 Å². The number of carbonyl (C=O) groups excluding carboxylic acids is 2. The number of sulfone groups is 2. The minimum Gasteiger partial charge on any atom is -0.497 e. The second-order valence-corrected chi connectivity index (χ2v) is 18.1. The van der Waals surface area contributed by atoms with Gasteiger partial charge in [0.25, 0.3) is 0 Å². The van der Waals surface area contributed by atoms with Crippen LogP contribution in [0.4, 0.5) is 0 Å². The molecule has 0 saturated carbocycles. The summed E-state index contributed by atoms with van der Waals surface area (Å²) in [5.41, 5.74) is 0.504. The molecular weight excluding hydrogens is 843 g/mol. The maximum atomic E-state index is 13.1. The lowest BCUT2D eigenvalue weighted by Gasteiger charge is -2.21. The first-order valence-electron chi connectivity index (χ1n) is 15.9. The zero-order valence-corrected chi connectivity index (χ0v) is 34.2. The molecular formula is C40H27Cl3O8S4. The highest BCUT2D eigenvalue weighted by Crippen LogP contribution is 2.45. The molecule has 0 N–H and O–H groups in total. The van der Waals surface area contributed by atoms with Gasteiger partial charge in [0.2, 0.25) is 19.7 Å². The van der Waals surface area contributed by atoms with Crippen molar-refractivity contribution < 1.29 is 35.9 Å². The molecule has 2 aliphatic rings. The Morgan fingerprint density at radius 3 is 1.56 bits per heavy atom. The Kier molecular flexibility index (Phi) is 12.1. The maximum Gasteiger partial charge on any atom is 0.209 e. The van der Waals surface area contributed by atoms with Gasteiger partial charge in [0.15, 0.2) is 11.6 Å². The fourth-order valence-corrected chi connectivity index (χ4v) is 11.6. The Balaban J connectivity index is 0.000000159. The number of methoxy groups -OCH3 is 2. The molecule has 15 heteroatoms. The van der Waals surface area contributed by atoms with E-state index in [1.807, 2.05) is 48.5 Å². The Hall–Kier alpha value is -4.27. The van der Waals surface area contributed by atoms with E-state index in [-0.39, 0.29) is 68.5 Å². The summed E-state index contributed by atoms with van der Waals surface area (Å²) in [4.78, 5) is 27.0. The van der Waals surface area contributed by atoms with Crippen LogP contribution < -0.4 is 9.47 Å². The molecule has 0 radical (unpaired) electrons. The third-order valence-corrected chi connectivity index (χ3v) is 15.0. The van der Waals surface area contributed by atoms with Gasteiger partial charge < -0.3 is 9.47 Å². The van der Waals surface area contributed by atoms with Gasteiger partial charge in [-0.25, -0.2) is 16.8 Å². The van der Waals surface area contributed by atoms with Crippen LogP contribution in [0, 0.1) is 0 Å². The van der Waals surface area contributed by atoms with Crippen LogP contribution >= 0.6 is 59.2 Å². The van der Waals surface area contributed by atoms with Crippen molar-refractivity contribution in [1.29, 1.82) is 0 Å². The Morgan fingerprint density at radius 2 is 1.04 bits per heavy atom. The lowest BCUT2D eigenvalue weighted by Crippen LogP contribution is -2.20. The molecule has 55 heavy (non-hydrogen) atoms. The summed E-state index contributed by atoms with van der Waals surface area (Å²) >= 11 is 23.7. The van der Waals surface area contributed by atoms with E-state index in [1.165, 1.54) is 54.2 Å². The smallest absolute Gasteiger partial charge is 0.209 e. The number of rotatable bonds is 4. The van der Waals surface area contributed by atoms with Crippen molar-refractivity contribution in [3.8, 4) is 11.5 Å². The van der Waals surface area contributed by atoms with E-state index in [0.29, 0.717) is 10.6 Å².